The minimum absolute atomic E-state index is 0.228. The van der Waals surface area contributed by atoms with E-state index in [2.05, 4.69) is 32.4 Å². The van der Waals surface area contributed by atoms with E-state index < -0.39 is 0 Å². The van der Waals surface area contributed by atoms with Gasteiger partial charge in [0.1, 0.15) is 24.5 Å². The van der Waals surface area contributed by atoms with Crippen LogP contribution in [0, 0.1) is 17.7 Å². The van der Waals surface area contributed by atoms with E-state index in [4.69, 9.17) is 16.3 Å². The molecule has 2 aromatic carbocycles. The van der Waals surface area contributed by atoms with E-state index in [0.29, 0.717) is 16.6 Å². The maximum absolute atomic E-state index is 13.3. The Morgan fingerprint density at radius 1 is 1.22 bits per heavy atom. The summed E-state index contributed by atoms with van der Waals surface area (Å²) in [5.74, 6) is 7.38. The van der Waals surface area contributed by atoms with Crippen LogP contribution in [0.4, 0.5) is 15.9 Å². The summed E-state index contributed by atoms with van der Waals surface area (Å²) >= 11 is 7.97. The van der Waals surface area contributed by atoms with E-state index in [-0.39, 0.29) is 18.5 Å². The number of rotatable bonds is 5. The second kappa shape index (κ2) is 9.13. The predicted molar refractivity (Wildman–Crippen MR) is 126 cm³/mol. The third-order valence-electron chi connectivity index (χ3n) is 4.98. The Morgan fingerprint density at radius 3 is 2.91 bits per heavy atom. The highest BCUT2D eigenvalue weighted by atomic mass is 35.5. The molecule has 160 valence electrons. The van der Waals surface area contributed by atoms with Gasteiger partial charge in [-0.05, 0) is 54.9 Å². The highest BCUT2D eigenvalue weighted by Gasteiger charge is 2.13. The number of hydrogen-bond donors (Lipinski definition) is 2. The Kier molecular flexibility index (Phi) is 5.91. The van der Waals surface area contributed by atoms with Crippen molar-refractivity contribution in [3.63, 3.8) is 0 Å². The lowest BCUT2D eigenvalue weighted by Gasteiger charge is -2.21. The van der Waals surface area contributed by atoms with Gasteiger partial charge in [-0.25, -0.2) is 14.4 Å². The number of hydrogen-bond acceptors (Lipinski definition) is 6. The lowest BCUT2D eigenvalue weighted by Crippen LogP contribution is -2.41. The number of ether oxygens (including phenoxy) is 1. The molecule has 2 aromatic heterocycles. The summed E-state index contributed by atoms with van der Waals surface area (Å²) in [4.78, 5) is 9.71. The van der Waals surface area contributed by atoms with Gasteiger partial charge in [0.15, 0.2) is 5.82 Å². The molecule has 5 nitrogen and oxygen atoms in total. The molecule has 0 spiro atoms. The van der Waals surface area contributed by atoms with Gasteiger partial charge in [0.05, 0.1) is 26.2 Å². The van der Waals surface area contributed by atoms with Crippen LogP contribution in [0.1, 0.15) is 16.9 Å². The summed E-state index contributed by atoms with van der Waals surface area (Å²) in [7, 11) is 0. The summed E-state index contributed by atoms with van der Waals surface area (Å²) in [5, 5.41) is 7.03. The van der Waals surface area contributed by atoms with Crippen molar-refractivity contribution in [2.45, 2.75) is 19.1 Å². The molecule has 1 fully saturated rings. The minimum atomic E-state index is -0.296. The second-order valence-electron chi connectivity index (χ2n) is 7.30. The van der Waals surface area contributed by atoms with Crippen molar-refractivity contribution in [2.24, 2.45) is 0 Å². The highest BCUT2D eigenvalue weighted by molar-refractivity contribution is 7.20. The monoisotopic (exact) mass is 464 g/mol. The Morgan fingerprint density at radius 2 is 2.12 bits per heavy atom. The lowest BCUT2D eigenvalue weighted by atomic mass is 10.1. The fraction of sp³-hybridized carbons (Fsp3) is 0.167. The molecule has 1 aliphatic heterocycles. The average Bonchev–Trinajstić information content (AvgIpc) is 3.16. The first-order valence-electron chi connectivity index (χ1n) is 10.1. The van der Waals surface area contributed by atoms with Gasteiger partial charge in [-0.3, -0.25) is 0 Å². The van der Waals surface area contributed by atoms with Crippen molar-refractivity contribution in [1.29, 1.82) is 0 Å². The molecule has 8 heteroatoms. The first kappa shape index (κ1) is 20.7. The van der Waals surface area contributed by atoms with Crippen LogP contribution in [0.2, 0.25) is 5.02 Å². The van der Waals surface area contributed by atoms with Gasteiger partial charge < -0.3 is 15.4 Å². The molecule has 5 rings (SSSR count). The van der Waals surface area contributed by atoms with E-state index in [1.165, 1.54) is 18.5 Å². The molecule has 0 saturated carbocycles. The Bertz CT molecular complexity index is 1340. The fourth-order valence-corrected chi connectivity index (χ4v) is 4.35. The summed E-state index contributed by atoms with van der Waals surface area (Å²) < 4.78 is 20.0. The normalized spacial score (nSPS) is 15.0. The topological polar surface area (TPSA) is 59.1 Å². The third-order valence-corrected chi connectivity index (χ3v) is 6.32. The number of halogens is 2. The molecule has 4 aromatic rings. The van der Waals surface area contributed by atoms with Crippen molar-refractivity contribution >= 4 is 44.7 Å². The van der Waals surface area contributed by atoms with Crippen molar-refractivity contribution < 1.29 is 9.13 Å². The third kappa shape index (κ3) is 4.68. The minimum Gasteiger partial charge on any atom is -0.487 e. The summed E-state index contributed by atoms with van der Waals surface area (Å²) in [6.45, 7) is 1.26. The van der Waals surface area contributed by atoms with Crippen LogP contribution >= 0.6 is 22.9 Å². The number of anilines is 2. The molecule has 32 heavy (non-hydrogen) atoms. The number of aromatic nitrogens is 2. The van der Waals surface area contributed by atoms with Crippen LogP contribution in [0.5, 0.6) is 5.75 Å². The van der Waals surface area contributed by atoms with Crippen LogP contribution < -0.4 is 15.4 Å². The van der Waals surface area contributed by atoms with Gasteiger partial charge in [0, 0.05) is 5.69 Å². The summed E-state index contributed by atoms with van der Waals surface area (Å²) in [5.41, 5.74) is 2.35. The molecule has 0 unspecified atom stereocenters. The number of fused-ring (bicyclic) bond motifs is 1. The van der Waals surface area contributed by atoms with Crippen LogP contribution in [0.3, 0.4) is 0 Å². The lowest BCUT2D eigenvalue weighted by molar-refractivity contribution is 0.306. The summed E-state index contributed by atoms with van der Waals surface area (Å²) in [6, 6.07) is 14.0. The standard InChI is InChI=1S/C24H18ClFN4OS/c25-20-11-18(5-7-22(20)31-13-15-2-1-3-16(26)10-15)30-24-23-21(28-14-29-24)12-19(32-23)6-4-17-8-9-27-17/h1-3,5,7,10-12,14,17,27H,8-9,13H2,(H,28,29,30)/t17-/m1/s1. The van der Waals surface area contributed by atoms with Crippen LogP contribution in [0.15, 0.2) is 54.9 Å². The van der Waals surface area contributed by atoms with Crippen molar-refractivity contribution in [2.75, 3.05) is 11.9 Å². The average molecular weight is 465 g/mol. The van der Waals surface area contributed by atoms with E-state index in [9.17, 15) is 4.39 Å². The Balaban J connectivity index is 1.31. The second-order valence-corrected chi connectivity index (χ2v) is 8.76. The molecule has 0 aliphatic carbocycles. The van der Waals surface area contributed by atoms with Crippen molar-refractivity contribution in [3.05, 3.63) is 76.1 Å². The van der Waals surface area contributed by atoms with Gasteiger partial charge in [-0.1, -0.05) is 35.6 Å². The fourth-order valence-electron chi connectivity index (χ4n) is 3.20. The molecule has 0 amide bonds. The molecule has 3 heterocycles. The van der Waals surface area contributed by atoms with Gasteiger partial charge in [0.25, 0.3) is 0 Å². The maximum Gasteiger partial charge on any atom is 0.151 e. The van der Waals surface area contributed by atoms with Gasteiger partial charge in [-0.15, -0.1) is 11.3 Å². The molecule has 0 radical (unpaired) electrons. The van der Waals surface area contributed by atoms with Crippen LogP contribution in [-0.2, 0) is 6.61 Å². The largest absolute Gasteiger partial charge is 0.487 e. The maximum atomic E-state index is 13.3. The molecular weight excluding hydrogens is 447 g/mol. The molecule has 1 aliphatic rings. The molecule has 1 saturated heterocycles. The van der Waals surface area contributed by atoms with Gasteiger partial charge in [-0.2, -0.15) is 0 Å². The Hall–Kier alpha value is -3.18. The number of benzene rings is 2. The Labute approximate surface area is 193 Å². The number of thiophene rings is 1. The first-order chi connectivity index (χ1) is 15.6. The predicted octanol–water partition coefficient (Wildman–Crippen LogP) is 5.52. The van der Waals surface area contributed by atoms with Crippen LogP contribution in [-0.4, -0.2) is 22.6 Å². The smallest absolute Gasteiger partial charge is 0.151 e. The van der Waals surface area contributed by atoms with E-state index in [1.54, 1.807) is 35.6 Å². The zero-order valence-electron chi connectivity index (χ0n) is 16.9. The molecule has 2 N–H and O–H groups in total. The first-order valence-corrected chi connectivity index (χ1v) is 11.3. The summed E-state index contributed by atoms with van der Waals surface area (Å²) in [6.07, 6.45) is 2.62. The van der Waals surface area contributed by atoms with Crippen molar-refractivity contribution in [3.8, 4) is 17.6 Å². The quantitative estimate of drug-likeness (QED) is 0.381. The van der Waals surface area contributed by atoms with Gasteiger partial charge in [0.2, 0.25) is 0 Å². The molecule has 1 atom stereocenters. The van der Waals surface area contributed by atoms with Gasteiger partial charge >= 0.3 is 0 Å². The molecule has 0 bridgehead atoms. The number of nitrogens with zero attached hydrogens (tertiary/aromatic N) is 2. The van der Waals surface area contributed by atoms with Crippen LogP contribution in [0.25, 0.3) is 10.2 Å². The van der Waals surface area contributed by atoms with Crippen molar-refractivity contribution in [1.82, 2.24) is 15.3 Å². The van der Waals surface area contributed by atoms with E-state index in [1.807, 2.05) is 12.1 Å². The van der Waals surface area contributed by atoms with E-state index >= 15 is 0 Å². The zero-order valence-corrected chi connectivity index (χ0v) is 18.4. The van der Waals surface area contributed by atoms with E-state index in [0.717, 1.165) is 39.3 Å². The highest BCUT2D eigenvalue weighted by Crippen LogP contribution is 2.33. The number of nitrogens with one attached hydrogen (secondary N) is 2. The molecular formula is C24H18ClFN4OS. The zero-order chi connectivity index (χ0) is 21.9. The SMILES string of the molecule is Fc1cccc(COc2ccc(Nc3ncnc4cc(C#C[C@@H]5CCN5)sc34)cc2Cl)c1.